The van der Waals surface area contributed by atoms with E-state index in [2.05, 4.69) is 75.9 Å². The van der Waals surface area contributed by atoms with Crippen molar-refractivity contribution in [3.63, 3.8) is 0 Å². The van der Waals surface area contributed by atoms with Crippen molar-refractivity contribution in [3.05, 3.63) is 101 Å². The summed E-state index contributed by atoms with van der Waals surface area (Å²) in [6, 6.07) is 24.8. The number of methoxy groups -OCH3 is 1. The van der Waals surface area contributed by atoms with Crippen molar-refractivity contribution in [2.75, 3.05) is 12.4 Å². The minimum Gasteiger partial charge on any atom is -0.497 e. The van der Waals surface area contributed by atoms with Crippen LogP contribution >= 0.6 is 23.8 Å². The summed E-state index contributed by atoms with van der Waals surface area (Å²) in [5.41, 5.74) is 10.4. The van der Waals surface area contributed by atoms with Gasteiger partial charge in [-0.05, 0) is 73.7 Å². The van der Waals surface area contributed by atoms with Gasteiger partial charge >= 0.3 is 0 Å². The fourth-order valence-corrected chi connectivity index (χ4v) is 5.80. The molecule has 0 aliphatic carbocycles. The Bertz CT molecular complexity index is 1600. The molecule has 0 atom stereocenters. The Morgan fingerprint density at radius 2 is 1.62 bits per heavy atom. The van der Waals surface area contributed by atoms with Gasteiger partial charge in [0.25, 0.3) is 0 Å². The lowest BCUT2D eigenvalue weighted by Gasteiger charge is -2.13. The minimum atomic E-state index is 0.705. The van der Waals surface area contributed by atoms with Crippen molar-refractivity contribution < 1.29 is 4.74 Å². The van der Waals surface area contributed by atoms with Crippen LogP contribution in [0.2, 0.25) is 5.02 Å². The maximum Gasteiger partial charge on any atom is 0.128 e. The summed E-state index contributed by atoms with van der Waals surface area (Å²) in [6.45, 7) is 3.05. The first-order valence-electron chi connectivity index (χ1n) is 12.6. The standard InChI is InChI=1S/C31H28ClN3OS/c1-20-6-14-24(15-7-20)33-30(37)29-28(22-10-16-25(36-2)17-11-22)26-5-3-4-18-34-27(19-35(29)31(26)34)21-8-12-23(32)13-9-21/h6-17,19H,3-5,18H2,1-2H3,(H,33,37). The van der Waals surface area contributed by atoms with Crippen LogP contribution in [0.4, 0.5) is 5.69 Å². The van der Waals surface area contributed by atoms with Gasteiger partial charge in [-0.15, -0.1) is 0 Å². The first-order valence-corrected chi connectivity index (χ1v) is 13.4. The van der Waals surface area contributed by atoms with Crippen LogP contribution in [0.25, 0.3) is 28.0 Å². The fraction of sp³-hybridized carbons (Fsp3) is 0.194. The van der Waals surface area contributed by atoms with Gasteiger partial charge in [-0.1, -0.05) is 65.8 Å². The zero-order chi connectivity index (χ0) is 25.5. The molecule has 1 aliphatic heterocycles. The van der Waals surface area contributed by atoms with Gasteiger partial charge in [-0.2, -0.15) is 0 Å². The van der Waals surface area contributed by atoms with Gasteiger partial charge in [-0.25, -0.2) is 0 Å². The number of imidazole rings is 1. The molecular formula is C31H28ClN3OS. The predicted molar refractivity (Wildman–Crippen MR) is 157 cm³/mol. The van der Waals surface area contributed by atoms with Crippen LogP contribution < -0.4 is 10.1 Å². The highest BCUT2D eigenvalue weighted by Gasteiger charge is 2.28. The SMILES string of the molecule is COc1ccc(-c2c3c4n(c(-c5ccc(Cl)cc5)cn4c2C(=S)Nc2ccc(C)cc2)CCCC3)cc1. The van der Waals surface area contributed by atoms with Crippen LogP contribution in [0.3, 0.4) is 0 Å². The van der Waals surface area contributed by atoms with Crippen molar-refractivity contribution in [3.8, 4) is 28.1 Å². The van der Waals surface area contributed by atoms with Gasteiger partial charge in [0, 0.05) is 34.6 Å². The minimum absolute atomic E-state index is 0.705. The van der Waals surface area contributed by atoms with E-state index >= 15 is 0 Å². The third-order valence-corrected chi connectivity index (χ3v) is 7.72. The Balaban J connectivity index is 1.59. The maximum absolute atomic E-state index is 6.21. The van der Waals surface area contributed by atoms with Crippen molar-refractivity contribution in [2.45, 2.75) is 32.7 Å². The molecule has 0 spiro atoms. The number of aromatic nitrogens is 2. The third-order valence-electron chi connectivity index (χ3n) is 7.18. The number of halogens is 1. The van der Waals surface area contributed by atoms with Crippen molar-refractivity contribution in [2.24, 2.45) is 0 Å². The molecule has 3 heterocycles. The highest BCUT2D eigenvalue weighted by atomic mass is 35.5. The van der Waals surface area contributed by atoms with Gasteiger partial charge in [0.2, 0.25) is 0 Å². The molecule has 2 aromatic heterocycles. The number of benzene rings is 3. The molecule has 1 N–H and O–H groups in total. The molecule has 0 amide bonds. The van der Waals surface area contributed by atoms with Gasteiger partial charge < -0.3 is 14.6 Å². The first-order chi connectivity index (χ1) is 18.0. The zero-order valence-corrected chi connectivity index (χ0v) is 22.5. The van der Waals surface area contributed by atoms with E-state index in [1.54, 1.807) is 7.11 Å². The highest BCUT2D eigenvalue weighted by Crippen LogP contribution is 2.40. The van der Waals surface area contributed by atoms with Gasteiger partial charge in [-0.3, -0.25) is 4.40 Å². The van der Waals surface area contributed by atoms with E-state index in [1.165, 1.54) is 28.0 Å². The Kier molecular flexibility index (Phi) is 6.27. The molecule has 0 fully saturated rings. The van der Waals surface area contributed by atoms with Gasteiger partial charge in [0.05, 0.1) is 18.5 Å². The Morgan fingerprint density at radius 1 is 0.919 bits per heavy atom. The average molecular weight is 526 g/mol. The molecule has 4 nitrogen and oxygen atoms in total. The number of hydrogen-bond donors (Lipinski definition) is 1. The number of ether oxygens (including phenoxy) is 1. The quantitative estimate of drug-likeness (QED) is 0.235. The molecule has 6 rings (SSSR count). The second-order valence-electron chi connectivity index (χ2n) is 9.57. The fourth-order valence-electron chi connectivity index (χ4n) is 5.36. The summed E-state index contributed by atoms with van der Waals surface area (Å²) in [4.78, 5) is 0.705. The van der Waals surface area contributed by atoms with Crippen LogP contribution in [-0.4, -0.2) is 21.1 Å². The number of rotatable bonds is 5. The number of anilines is 1. The molecule has 3 aromatic carbocycles. The number of thiocarbonyl (C=S) groups is 1. The highest BCUT2D eigenvalue weighted by molar-refractivity contribution is 7.81. The summed E-state index contributed by atoms with van der Waals surface area (Å²) in [5.74, 6) is 0.842. The molecule has 0 radical (unpaired) electrons. The molecule has 186 valence electrons. The van der Waals surface area contributed by atoms with Crippen LogP contribution in [0, 0.1) is 6.92 Å². The smallest absolute Gasteiger partial charge is 0.128 e. The molecule has 0 bridgehead atoms. The molecule has 6 heteroatoms. The average Bonchev–Trinajstić information content (AvgIpc) is 3.33. The van der Waals surface area contributed by atoms with E-state index in [-0.39, 0.29) is 0 Å². The third kappa shape index (κ3) is 4.32. The zero-order valence-electron chi connectivity index (χ0n) is 20.9. The number of nitrogens with zero attached hydrogens (tertiary/aromatic N) is 2. The lowest BCUT2D eigenvalue weighted by Crippen LogP contribution is -2.14. The monoisotopic (exact) mass is 525 g/mol. The molecule has 0 saturated carbocycles. The second-order valence-corrected chi connectivity index (χ2v) is 10.4. The summed E-state index contributed by atoms with van der Waals surface area (Å²) in [5, 5.41) is 4.26. The van der Waals surface area contributed by atoms with E-state index < -0.39 is 0 Å². The Labute approximate surface area is 227 Å². The Morgan fingerprint density at radius 3 is 2.32 bits per heavy atom. The number of hydrogen-bond acceptors (Lipinski definition) is 2. The largest absolute Gasteiger partial charge is 0.497 e. The van der Waals surface area contributed by atoms with Gasteiger partial charge in [0.15, 0.2) is 0 Å². The number of aryl methyl sites for hydroxylation is 3. The molecule has 1 aliphatic rings. The van der Waals surface area contributed by atoms with E-state index in [4.69, 9.17) is 28.6 Å². The molecular weight excluding hydrogens is 498 g/mol. The number of nitrogens with one attached hydrogen (secondary N) is 1. The summed E-state index contributed by atoms with van der Waals surface area (Å²) in [6.07, 6.45) is 5.49. The van der Waals surface area contributed by atoms with Crippen LogP contribution in [0.1, 0.15) is 29.7 Å². The topological polar surface area (TPSA) is 30.6 Å². The molecule has 0 saturated heterocycles. The van der Waals surface area contributed by atoms with Crippen molar-refractivity contribution in [1.82, 2.24) is 8.97 Å². The van der Waals surface area contributed by atoms with Gasteiger partial charge in [0.1, 0.15) is 16.4 Å². The normalized spacial score (nSPS) is 12.9. The molecule has 0 unspecified atom stereocenters. The van der Waals surface area contributed by atoms with E-state index in [9.17, 15) is 0 Å². The predicted octanol–water partition coefficient (Wildman–Crippen LogP) is 8.17. The van der Waals surface area contributed by atoms with E-state index in [0.717, 1.165) is 59.1 Å². The Hall–Kier alpha value is -3.54. The maximum atomic E-state index is 6.21. The molecule has 5 aromatic rings. The van der Waals surface area contributed by atoms with Crippen molar-refractivity contribution >= 4 is 40.1 Å². The van der Waals surface area contributed by atoms with E-state index in [1.807, 2.05) is 24.3 Å². The lowest BCUT2D eigenvalue weighted by atomic mass is 9.97. The van der Waals surface area contributed by atoms with Crippen LogP contribution in [0.5, 0.6) is 5.75 Å². The van der Waals surface area contributed by atoms with Crippen molar-refractivity contribution in [1.29, 1.82) is 0 Å². The van der Waals surface area contributed by atoms with E-state index in [0.29, 0.717) is 4.99 Å². The van der Waals surface area contributed by atoms with Crippen LogP contribution in [0.15, 0.2) is 79.0 Å². The molecule has 37 heavy (non-hydrogen) atoms. The summed E-state index contributed by atoms with van der Waals surface area (Å²) >= 11 is 12.3. The van der Waals surface area contributed by atoms with Crippen LogP contribution in [-0.2, 0) is 13.0 Å². The lowest BCUT2D eigenvalue weighted by molar-refractivity contribution is 0.415. The second kappa shape index (κ2) is 9.73. The summed E-state index contributed by atoms with van der Waals surface area (Å²) in [7, 11) is 1.70. The summed E-state index contributed by atoms with van der Waals surface area (Å²) < 4.78 is 10.2. The first kappa shape index (κ1) is 23.8.